The maximum atomic E-state index is 11.2. The standard InChI is InChI=1S/C13H23NO/c1-10-3-4-11(2)14(9-10)12-5-7-13(15)8-6-12/h10-12H,3-9H2,1-2H3. The molecule has 2 atom stereocenters. The minimum Gasteiger partial charge on any atom is -0.300 e. The van der Waals surface area contributed by atoms with Crippen LogP contribution in [0.5, 0.6) is 0 Å². The third kappa shape index (κ3) is 2.60. The van der Waals surface area contributed by atoms with Crippen LogP contribution in [0.15, 0.2) is 0 Å². The Kier molecular flexibility index (Phi) is 3.45. The smallest absolute Gasteiger partial charge is 0.133 e. The van der Waals surface area contributed by atoms with Gasteiger partial charge in [0.15, 0.2) is 0 Å². The van der Waals surface area contributed by atoms with Crippen LogP contribution < -0.4 is 0 Å². The van der Waals surface area contributed by atoms with E-state index in [1.165, 1.54) is 19.4 Å². The Morgan fingerprint density at radius 2 is 1.73 bits per heavy atom. The molecule has 86 valence electrons. The van der Waals surface area contributed by atoms with E-state index in [2.05, 4.69) is 18.7 Å². The zero-order chi connectivity index (χ0) is 10.8. The van der Waals surface area contributed by atoms with Crippen molar-refractivity contribution in [3.63, 3.8) is 0 Å². The molecule has 0 spiro atoms. The number of piperidine rings is 1. The molecule has 0 radical (unpaired) electrons. The monoisotopic (exact) mass is 209 g/mol. The highest BCUT2D eigenvalue weighted by Gasteiger charge is 2.31. The predicted octanol–water partition coefficient (Wildman–Crippen LogP) is 2.62. The summed E-state index contributed by atoms with van der Waals surface area (Å²) < 4.78 is 0. The molecule has 0 bridgehead atoms. The lowest BCUT2D eigenvalue weighted by atomic mass is 9.87. The first-order chi connectivity index (χ1) is 7.16. The maximum Gasteiger partial charge on any atom is 0.133 e. The molecular weight excluding hydrogens is 186 g/mol. The molecule has 1 aliphatic carbocycles. The van der Waals surface area contributed by atoms with Gasteiger partial charge in [0.2, 0.25) is 0 Å². The lowest BCUT2D eigenvalue weighted by molar-refractivity contribution is -0.121. The largest absolute Gasteiger partial charge is 0.300 e. The second-order valence-corrected chi connectivity index (χ2v) is 5.50. The summed E-state index contributed by atoms with van der Waals surface area (Å²) >= 11 is 0. The van der Waals surface area contributed by atoms with Gasteiger partial charge < -0.3 is 0 Å². The summed E-state index contributed by atoms with van der Waals surface area (Å²) in [4.78, 5) is 13.9. The van der Waals surface area contributed by atoms with Crippen LogP contribution in [0.4, 0.5) is 0 Å². The van der Waals surface area contributed by atoms with E-state index < -0.39 is 0 Å². The minimum atomic E-state index is 0.476. The first-order valence-corrected chi connectivity index (χ1v) is 6.44. The number of ketones is 1. The zero-order valence-corrected chi connectivity index (χ0v) is 10.0. The lowest BCUT2D eigenvalue weighted by Gasteiger charge is -2.43. The summed E-state index contributed by atoms with van der Waals surface area (Å²) in [7, 11) is 0. The van der Waals surface area contributed by atoms with Gasteiger partial charge in [-0.3, -0.25) is 9.69 Å². The molecule has 0 aromatic rings. The van der Waals surface area contributed by atoms with E-state index in [0.717, 1.165) is 37.6 Å². The average Bonchev–Trinajstić information content (AvgIpc) is 2.23. The Labute approximate surface area is 93.0 Å². The van der Waals surface area contributed by atoms with Crippen molar-refractivity contribution < 1.29 is 4.79 Å². The first-order valence-electron chi connectivity index (χ1n) is 6.44. The Bertz CT molecular complexity index is 229. The molecule has 0 N–H and O–H groups in total. The molecule has 2 aliphatic rings. The lowest BCUT2D eigenvalue weighted by Crippen LogP contribution is -2.48. The molecule has 1 heterocycles. The van der Waals surface area contributed by atoms with Crippen molar-refractivity contribution >= 4 is 5.78 Å². The molecule has 0 amide bonds. The summed E-state index contributed by atoms with van der Waals surface area (Å²) in [5.74, 6) is 1.32. The van der Waals surface area contributed by atoms with Gasteiger partial charge in [-0.05, 0) is 38.5 Å². The van der Waals surface area contributed by atoms with Crippen LogP contribution >= 0.6 is 0 Å². The Morgan fingerprint density at radius 1 is 1.07 bits per heavy atom. The third-order valence-electron chi connectivity index (χ3n) is 4.15. The molecule has 2 unspecified atom stereocenters. The number of nitrogens with zero attached hydrogens (tertiary/aromatic N) is 1. The molecule has 2 nitrogen and oxygen atoms in total. The van der Waals surface area contributed by atoms with Gasteiger partial charge in [-0.15, -0.1) is 0 Å². The van der Waals surface area contributed by atoms with Crippen LogP contribution in [0.25, 0.3) is 0 Å². The summed E-state index contributed by atoms with van der Waals surface area (Å²) in [6.45, 7) is 5.95. The second kappa shape index (κ2) is 4.65. The Balaban J connectivity index is 1.93. The second-order valence-electron chi connectivity index (χ2n) is 5.50. The number of carbonyl (C=O) groups is 1. The number of hydrogen-bond acceptors (Lipinski definition) is 2. The van der Waals surface area contributed by atoms with Gasteiger partial charge in [-0.2, -0.15) is 0 Å². The number of rotatable bonds is 1. The number of carbonyl (C=O) groups excluding carboxylic acids is 1. The van der Waals surface area contributed by atoms with Gasteiger partial charge in [0.1, 0.15) is 5.78 Å². The number of hydrogen-bond donors (Lipinski definition) is 0. The van der Waals surface area contributed by atoms with Gasteiger partial charge in [-0.25, -0.2) is 0 Å². The fraction of sp³-hybridized carbons (Fsp3) is 0.923. The van der Waals surface area contributed by atoms with E-state index in [1.807, 2.05) is 0 Å². The normalized spacial score (nSPS) is 35.7. The average molecular weight is 209 g/mol. The molecule has 2 rings (SSSR count). The first kappa shape index (κ1) is 11.1. The summed E-state index contributed by atoms with van der Waals surface area (Å²) in [5, 5.41) is 0. The molecular formula is C13H23NO. The van der Waals surface area contributed by atoms with E-state index in [9.17, 15) is 4.79 Å². The van der Waals surface area contributed by atoms with Crippen molar-refractivity contribution in [2.45, 2.75) is 64.5 Å². The van der Waals surface area contributed by atoms with E-state index in [0.29, 0.717) is 11.8 Å². The van der Waals surface area contributed by atoms with Crippen molar-refractivity contribution in [2.24, 2.45) is 5.92 Å². The topological polar surface area (TPSA) is 20.3 Å². The van der Waals surface area contributed by atoms with E-state index in [1.54, 1.807) is 0 Å². The molecule has 0 aromatic carbocycles. The quantitative estimate of drug-likeness (QED) is 0.661. The van der Waals surface area contributed by atoms with Crippen molar-refractivity contribution in [3.05, 3.63) is 0 Å². The van der Waals surface area contributed by atoms with Gasteiger partial charge >= 0.3 is 0 Å². The van der Waals surface area contributed by atoms with Crippen molar-refractivity contribution in [1.29, 1.82) is 0 Å². The minimum absolute atomic E-state index is 0.476. The van der Waals surface area contributed by atoms with Gasteiger partial charge in [0, 0.05) is 31.5 Å². The summed E-state index contributed by atoms with van der Waals surface area (Å²) in [5.41, 5.74) is 0. The summed E-state index contributed by atoms with van der Waals surface area (Å²) in [6, 6.07) is 1.43. The Hall–Kier alpha value is -0.370. The van der Waals surface area contributed by atoms with Crippen LogP contribution in [-0.2, 0) is 4.79 Å². The van der Waals surface area contributed by atoms with Crippen molar-refractivity contribution in [3.8, 4) is 0 Å². The predicted molar refractivity (Wildman–Crippen MR) is 61.8 cm³/mol. The fourth-order valence-electron chi connectivity index (χ4n) is 3.09. The molecule has 2 heteroatoms. The molecule has 1 saturated carbocycles. The van der Waals surface area contributed by atoms with Crippen LogP contribution in [0.3, 0.4) is 0 Å². The van der Waals surface area contributed by atoms with Crippen LogP contribution in [0.1, 0.15) is 52.4 Å². The maximum absolute atomic E-state index is 11.2. The highest BCUT2D eigenvalue weighted by molar-refractivity contribution is 5.79. The highest BCUT2D eigenvalue weighted by Crippen LogP contribution is 2.29. The van der Waals surface area contributed by atoms with Crippen molar-refractivity contribution in [2.75, 3.05) is 6.54 Å². The number of likely N-dealkylation sites (tertiary alicyclic amines) is 1. The molecule has 2 fully saturated rings. The van der Waals surface area contributed by atoms with Crippen LogP contribution in [-0.4, -0.2) is 29.3 Å². The highest BCUT2D eigenvalue weighted by atomic mass is 16.1. The summed E-state index contributed by atoms with van der Waals surface area (Å²) in [6.07, 6.45) is 6.57. The molecule has 1 saturated heterocycles. The number of Topliss-reactive ketones (excluding diaryl/α,β-unsaturated/α-hetero) is 1. The van der Waals surface area contributed by atoms with Gasteiger partial charge in [0.05, 0.1) is 0 Å². The third-order valence-corrected chi connectivity index (χ3v) is 4.15. The molecule has 1 aliphatic heterocycles. The van der Waals surface area contributed by atoms with E-state index in [4.69, 9.17) is 0 Å². The zero-order valence-electron chi connectivity index (χ0n) is 10.0. The van der Waals surface area contributed by atoms with Crippen molar-refractivity contribution in [1.82, 2.24) is 4.90 Å². The van der Waals surface area contributed by atoms with Gasteiger partial charge in [-0.1, -0.05) is 6.92 Å². The fourth-order valence-corrected chi connectivity index (χ4v) is 3.09. The molecule has 0 aromatic heterocycles. The van der Waals surface area contributed by atoms with Crippen LogP contribution in [0.2, 0.25) is 0 Å². The Morgan fingerprint density at radius 3 is 2.40 bits per heavy atom. The molecule has 15 heavy (non-hydrogen) atoms. The van der Waals surface area contributed by atoms with Crippen LogP contribution in [0, 0.1) is 5.92 Å². The van der Waals surface area contributed by atoms with E-state index in [-0.39, 0.29) is 0 Å². The SMILES string of the molecule is CC1CCC(C)N(C2CCC(=O)CC2)C1. The van der Waals surface area contributed by atoms with Gasteiger partial charge in [0.25, 0.3) is 0 Å². The van der Waals surface area contributed by atoms with E-state index >= 15 is 0 Å².